The number of hydrogen-bond acceptors (Lipinski definition) is 4. The van der Waals surface area contributed by atoms with Crippen molar-refractivity contribution in [3.8, 4) is 5.75 Å². The Labute approximate surface area is 179 Å². The SMILES string of the molecule is O=C(C[C@]1(O)C(=O)N(CCOc2ccccc2)c2ccccc21)c1ccc(Cl)cc1. The standard InChI is InChI=1S/C24H20ClNO4/c25-18-12-10-17(11-13-18)22(27)16-24(29)20-8-4-5-9-21(20)26(23(24)28)14-15-30-19-6-2-1-3-7-19/h1-13,29H,14-16H2/t24-/m1/s1. The lowest BCUT2D eigenvalue weighted by Crippen LogP contribution is -2.43. The first-order chi connectivity index (χ1) is 14.5. The van der Waals surface area contributed by atoms with E-state index in [2.05, 4.69) is 0 Å². The second-order valence-corrected chi connectivity index (χ2v) is 7.54. The van der Waals surface area contributed by atoms with Crippen LogP contribution in [0.15, 0.2) is 78.9 Å². The second kappa shape index (κ2) is 8.30. The highest BCUT2D eigenvalue weighted by atomic mass is 35.5. The molecule has 0 spiro atoms. The quantitative estimate of drug-likeness (QED) is 0.580. The van der Waals surface area contributed by atoms with Crippen molar-refractivity contribution in [3.05, 3.63) is 95.0 Å². The molecule has 1 aliphatic heterocycles. The van der Waals surface area contributed by atoms with Crippen LogP contribution >= 0.6 is 11.6 Å². The largest absolute Gasteiger partial charge is 0.492 e. The van der Waals surface area contributed by atoms with Crippen molar-refractivity contribution >= 4 is 29.0 Å². The van der Waals surface area contributed by atoms with Gasteiger partial charge in [0, 0.05) is 16.1 Å². The van der Waals surface area contributed by atoms with Crippen LogP contribution in [0.4, 0.5) is 5.69 Å². The number of rotatable bonds is 7. The number of carbonyl (C=O) groups is 2. The normalized spacial score (nSPS) is 17.7. The van der Waals surface area contributed by atoms with Crippen LogP contribution in [0.2, 0.25) is 5.02 Å². The fraction of sp³-hybridized carbons (Fsp3) is 0.167. The topological polar surface area (TPSA) is 66.8 Å². The van der Waals surface area contributed by atoms with Gasteiger partial charge in [-0.3, -0.25) is 9.59 Å². The van der Waals surface area contributed by atoms with Gasteiger partial charge in [0.15, 0.2) is 11.4 Å². The molecule has 1 aliphatic rings. The fourth-order valence-electron chi connectivity index (χ4n) is 3.64. The third-order valence-electron chi connectivity index (χ3n) is 5.15. The van der Waals surface area contributed by atoms with Gasteiger partial charge < -0.3 is 14.7 Å². The maximum Gasteiger partial charge on any atom is 0.264 e. The average Bonchev–Trinajstić information content (AvgIpc) is 2.97. The molecular weight excluding hydrogens is 402 g/mol. The Morgan fingerprint density at radius 3 is 2.37 bits per heavy atom. The first-order valence-corrected chi connectivity index (χ1v) is 9.97. The minimum Gasteiger partial charge on any atom is -0.492 e. The van der Waals surface area contributed by atoms with Crippen molar-refractivity contribution in [3.63, 3.8) is 0 Å². The molecule has 0 unspecified atom stereocenters. The maximum absolute atomic E-state index is 13.2. The summed E-state index contributed by atoms with van der Waals surface area (Å²) in [5.74, 6) is -0.159. The predicted molar refractivity (Wildman–Crippen MR) is 115 cm³/mol. The molecule has 1 amide bonds. The van der Waals surface area contributed by atoms with E-state index < -0.39 is 11.5 Å². The van der Waals surface area contributed by atoms with Gasteiger partial charge in [-0.1, -0.05) is 48.0 Å². The molecule has 0 aromatic heterocycles. The summed E-state index contributed by atoms with van der Waals surface area (Å²) in [6, 6.07) is 22.7. The van der Waals surface area contributed by atoms with E-state index in [-0.39, 0.29) is 25.4 Å². The van der Waals surface area contributed by atoms with E-state index in [9.17, 15) is 14.7 Å². The molecule has 1 heterocycles. The molecule has 3 aromatic carbocycles. The Bertz CT molecular complexity index is 1070. The Morgan fingerprint density at radius 2 is 1.63 bits per heavy atom. The van der Waals surface area contributed by atoms with Crippen molar-refractivity contribution < 1.29 is 19.4 Å². The Balaban J connectivity index is 1.54. The number of para-hydroxylation sites is 2. The number of ether oxygens (including phenoxy) is 1. The number of carbonyl (C=O) groups excluding carboxylic acids is 2. The number of aliphatic hydroxyl groups is 1. The lowest BCUT2D eigenvalue weighted by molar-refractivity contribution is -0.135. The minimum atomic E-state index is -1.92. The van der Waals surface area contributed by atoms with Crippen molar-refractivity contribution in [2.75, 3.05) is 18.1 Å². The monoisotopic (exact) mass is 421 g/mol. The number of hydrogen-bond donors (Lipinski definition) is 1. The van der Waals surface area contributed by atoms with Gasteiger partial charge >= 0.3 is 0 Å². The first-order valence-electron chi connectivity index (χ1n) is 9.59. The molecule has 1 N–H and O–H groups in total. The fourth-order valence-corrected chi connectivity index (χ4v) is 3.77. The Kier molecular flexibility index (Phi) is 5.57. The van der Waals surface area contributed by atoms with Gasteiger partial charge in [-0.25, -0.2) is 0 Å². The number of Topliss-reactive ketones (excluding diaryl/α,β-unsaturated/α-hetero) is 1. The molecule has 3 aromatic rings. The summed E-state index contributed by atoms with van der Waals surface area (Å²) in [5.41, 5.74) is -0.508. The molecular formula is C24H20ClNO4. The van der Waals surface area contributed by atoms with E-state index >= 15 is 0 Å². The number of amides is 1. The summed E-state index contributed by atoms with van der Waals surface area (Å²) in [7, 11) is 0. The Morgan fingerprint density at radius 1 is 0.967 bits per heavy atom. The molecule has 4 rings (SSSR count). The van der Waals surface area contributed by atoms with Gasteiger partial charge in [0.1, 0.15) is 12.4 Å². The summed E-state index contributed by atoms with van der Waals surface area (Å²) in [6.07, 6.45) is -0.347. The molecule has 0 saturated heterocycles. The van der Waals surface area contributed by atoms with Crippen LogP contribution in [0.1, 0.15) is 22.3 Å². The number of anilines is 1. The van der Waals surface area contributed by atoms with Crippen molar-refractivity contribution in [2.45, 2.75) is 12.0 Å². The van der Waals surface area contributed by atoms with Crippen LogP contribution < -0.4 is 9.64 Å². The smallest absolute Gasteiger partial charge is 0.264 e. The lowest BCUT2D eigenvalue weighted by atomic mass is 9.88. The molecule has 0 aliphatic carbocycles. The zero-order chi connectivity index (χ0) is 21.1. The lowest BCUT2D eigenvalue weighted by Gasteiger charge is -2.23. The van der Waals surface area contributed by atoms with E-state index in [1.807, 2.05) is 30.3 Å². The molecule has 0 radical (unpaired) electrons. The molecule has 30 heavy (non-hydrogen) atoms. The third-order valence-corrected chi connectivity index (χ3v) is 5.40. The number of ketones is 1. The number of halogens is 1. The van der Waals surface area contributed by atoms with E-state index in [1.54, 1.807) is 48.5 Å². The summed E-state index contributed by atoms with van der Waals surface area (Å²) in [6.45, 7) is 0.507. The third kappa shape index (κ3) is 3.82. The number of fused-ring (bicyclic) bond motifs is 1. The molecule has 0 bridgehead atoms. The summed E-state index contributed by atoms with van der Waals surface area (Å²) in [4.78, 5) is 27.5. The van der Waals surface area contributed by atoms with Crippen LogP contribution in [0.5, 0.6) is 5.75 Å². The van der Waals surface area contributed by atoms with Crippen LogP contribution in [0.25, 0.3) is 0 Å². The van der Waals surface area contributed by atoms with Crippen molar-refractivity contribution in [2.24, 2.45) is 0 Å². The summed E-state index contributed by atoms with van der Waals surface area (Å²) < 4.78 is 5.71. The van der Waals surface area contributed by atoms with E-state index in [4.69, 9.17) is 16.3 Å². The second-order valence-electron chi connectivity index (χ2n) is 7.10. The van der Waals surface area contributed by atoms with Crippen molar-refractivity contribution in [1.29, 1.82) is 0 Å². The van der Waals surface area contributed by atoms with Crippen LogP contribution in [0.3, 0.4) is 0 Å². The predicted octanol–water partition coefficient (Wildman–Crippen LogP) is 4.23. The zero-order valence-electron chi connectivity index (χ0n) is 16.1. The van der Waals surface area contributed by atoms with Crippen LogP contribution in [0, 0.1) is 0 Å². The van der Waals surface area contributed by atoms with Crippen LogP contribution in [-0.2, 0) is 10.4 Å². The highest BCUT2D eigenvalue weighted by Crippen LogP contribution is 2.42. The molecule has 0 fully saturated rings. The molecule has 1 atom stereocenters. The molecule has 0 saturated carbocycles. The molecule has 5 nitrogen and oxygen atoms in total. The van der Waals surface area contributed by atoms with Crippen LogP contribution in [-0.4, -0.2) is 29.9 Å². The summed E-state index contributed by atoms with van der Waals surface area (Å²) in [5, 5.41) is 11.8. The summed E-state index contributed by atoms with van der Waals surface area (Å²) >= 11 is 5.88. The van der Waals surface area contributed by atoms with Crippen molar-refractivity contribution in [1.82, 2.24) is 0 Å². The van der Waals surface area contributed by atoms with Gasteiger partial charge in [-0.2, -0.15) is 0 Å². The van der Waals surface area contributed by atoms with Gasteiger partial charge in [0.05, 0.1) is 18.7 Å². The van der Waals surface area contributed by atoms with Gasteiger partial charge in [-0.05, 0) is 42.5 Å². The van der Waals surface area contributed by atoms with Gasteiger partial charge in [-0.15, -0.1) is 0 Å². The number of nitrogens with zero attached hydrogens (tertiary/aromatic N) is 1. The highest BCUT2D eigenvalue weighted by molar-refractivity contribution is 6.30. The average molecular weight is 422 g/mol. The van der Waals surface area contributed by atoms with E-state index in [0.29, 0.717) is 27.6 Å². The first kappa shape index (κ1) is 20.1. The number of benzene rings is 3. The Hall–Kier alpha value is -3.15. The molecule has 6 heteroatoms. The zero-order valence-corrected chi connectivity index (χ0v) is 16.9. The van der Waals surface area contributed by atoms with E-state index in [0.717, 1.165) is 0 Å². The minimum absolute atomic E-state index is 0.252. The van der Waals surface area contributed by atoms with Gasteiger partial charge in [0.2, 0.25) is 0 Å². The molecule has 152 valence electrons. The maximum atomic E-state index is 13.2. The highest BCUT2D eigenvalue weighted by Gasteiger charge is 2.50. The van der Waals surface area contributed by atoms with E-state index in [1.165, 1.54) is 4.90 Å². The van der Waals surface area contributed by atoms with Gasteiger partial charge in [0.25, 0.3) is 5.91 Å².